The smallest absolute Gasteiger partial charge is 0.196 e. The van der Waals surface area contributed by atoms with Gasteiger partial charge in [-0.05, 0) is 13.8 Å². The molecule has 0 amide bonds. The second kappa shape index (κ2) is 3.31. The molecule has 4 nitrogen and oxygen atoms in total. The van der Waals surface area contributed by atoms with Crippen molar-refractivity contribution in [2.24, 2.45) is 0 Å². The van der Waals surface area contributed by atoms with Crippen LogP contribution in [0, 0.1) is 6.92 Å². The van der Waals surface area contributed by atoms with Crippen LogP contribution in [0.25, 0.3) is 0 Å². The first-order chi connectivity index (χ1) is 5.88. The maximum Gasteiger partial charge on any atom is 0.196 e. The zero-order valence-corrected chi connectivity index (χ0v) is 9.28. The van der Waals surface area contributed by atoms with Crippen LogP contribution in [-0.2, 0) is 16.4 Å². The van der Waals surface area contributed by atoms with Crippen molar-refractivity contribution in [1.29, 1.82) is 0 Å². The molecular formula is C7H11ClN2O2S. The third kappa shape index (κ3) is 1.86. The van der Waals surface area contributed by atoms with E-state index in [0.717, 1.165) is 6.26 Å². The van der Waals surface area contributed by atoms with Crippen LogP contribution < -0.4 is 0 Å². The molecule has 0 radical (unpaired) electrons. The average molecular weight is 223 g/mol. The molecule has 0 aliphatic heterocycles. The van der Waals surface area contributed by atoms with Gasteiger partial charge in [0.1, 0.15) is 5.02 Å². The standard InChI is InChI=1S/C7H11ClN2O2S/c1-4-10-5(2)6(8)7(9-10)13(3,11)12/h4H2,1-3H3. The van der Waals surface area contributed by atoms with E-state index >= 15 is 0 Å². The van der Waals surface area contributed by atoms with Crippen LogP contribution in [0.4, 0.5) is 0 Å². The summed E-state index contributed by atoms with van der Waals surface area (Å²) in [5.41, 5.74) is 0.685. The van der Waals surface area contributed by atoms with E-state index in [1.54, 1.807) is 11.6 Å². The maximum absolute atomic E-state index is 11.2. The van der Waals surface area contributed by atoms with Crippen LogP contribution in [0.2, 0.25) is 5.02 Å². The summed E-state index contributed by atoms with van der Waals surface area (Å²) >= 11 is 5.81. The zero-order chi connectivity index (χ0) is 10.2. The molecule has 0 spiro atoms. The lowest BCUT2D eigenvalue weighted by Gasteiger charge is -1.95. The highest BCUT2D eigenvalue weighted by Crippen LogP contribution is 2.23. The van der Waals surface area contributed by atoms with Gasteiger partial charge in [-0.2, -0.15) is 5.10 Å². The second-order valence-corrected chi connectivity index (χ2v) is 5.10. The van der Waals surface area contributed by atoms with E-state index in [4.69, 9.17) is 11.6 Å². The number of halogens is 1. The van der Waals surface area contributed by atoms with E-state index in [1.807, 2.05) is 6.92 Å². The number of rotatable bonds is 2. The van der Waals surface area contributed by atoms with E-state index in [-0.39, 0.29) is 10.0 Å². The highest BCUT2D eigenvalue weighted by Gasteiger charge is 2.20. The van der Waals surface area contributed by atoms with E-state index in [2.05, 4.69) is 5.10 Å². The molecule has 1 aromatic heterocycles. The lowest BCUT2D eigenvalue weighted by molar-refractivity contribution is 0.583. The van der Waals surface area contributed by atoms with Crippen LogP contribution in [0.5, 0.6) is 0 Å². The van der Waals surface area contributed by atoms with E-state index in [9.17, 15) is 8.42 Å². The Morgan fingerprint density at radius 2 is 2.08 bits per heavy atom. The molecule has 0 N–H and O–H groups in total. The Morgan fingerprint density at radius 1 is 1.54 bits per heavy atom. The third-order valence-electron chi connectivity index (χ3n) is 1.75. The average Bonchev–Trinajstić information content (AvgIpc) is 2.28. The van der Waals surface area contributed by atoms with Crippen LogP contribution in [0.15, 0.2) is 5.03 Å². The van der Waals surface area contributed by atoms with Gasteiger partial charge in [-0.3, -0.25) is 4.68 Å². The van der Waals surface area contributed by atoms with Gasteiger partial charge < -0.3 is 0 Å². The van der Waals surface area contributed by atoms with Crippen molar-refractivity contribution >= 4 is 21.4 Å². The van der Waals surface area contributed by atoms with Gasteiger partial charge in [-0.25, -0.2) is 8.42 Å². The quantitative estimate of drug-likeness (QED) is 0.757. The molecule has 0 atom stereocenters. The van der Waals surface area contributed by atoms with Gasteiger partial charge >= 0.3 is 0 Å². The Bertz CT molecular complexity index is 422. The summed E-state index contributed by atoms with van der Waals surface area (Å²) in [7, 11) is -3.31. The van der Waals surface area contributed by atoms with Crippen molar-refractivity contribution in [2.75, 3.05) is 6.26 Å². The van der Waals surface area contributed by atoms with Crippen molar-refractivity contribution < 1.29 is 8.42 Å². The van der Waals surface area contributed by atoms with Gasteiger partial charge in [0.05, 0.1) is 5.69 Å². The molecule has 0 aromatic carbocycles. The molecule has 6 heteroatoms. The Labute approximate surface area is 82.4 Å². The summed E-state index contributed by atoms with van der Waals surface area (Å²) in [6, 6.07) is 0. The summed E-state index contributed by atoms with van der Waals surface area (Å²) in [6.45, 7) is 4.23. The molecule has 0 fully saturated rings. The number of aryl methyl sites for hydroxylation is 1. The van der Waals surface area contributed by atoms with Crippen molar-refractivity contribution in [3.8, 4) is 0 Å². The normalized spacial score (nSPS) is 12.0. The van der Waals surface area contributed by atoms with E-state index in [0.29, 0.717) is 12.2 Å². The fourth-order valence-electron chi connectivity index (χ4n) is 1.04. The molecule has 1 aromatic rings. The molecule has 0 saturated carbocycles. The summed E-state index contributed by atoms with van der Waals surface area (Å²) in [4.78, 5) is 0. The van der Waals surface area contributed by atoms with Crippen LogP contribution in [0.3, 0.4) is 0 Å². The Balaban J connectivity index is 3.43. The summed E-state index contributed by atoms with van der Waals surface area (Å²) in [6.07, 6.45) is 1.10. The van der Waals surface area contributed by atoms with Crippen LogP contribution in [0.1, 0.15) is 12.6 Å². The number of hydrogen-bond acceptors (Lipinski definition) is 3. The predicted octanol–water partition coefficient (Wildman–Crippen LogP) is 1.27. The molecule has 0 aliphatic carbocycles. The molecule has 0 saturated heterocycles. The first-order valence-electron chi connectivity index (χ1n) is 3.81. The van der Waals surface area contributed by atoms with Gasteiger partial charge in [0.15, 0.2) is 14.9 Å². The summed E-state index contributed by atoms with van der Waals surface area (Å²) in [5, 5.41) is 4.09. The van der Waals surface area contributed by atoms with Crippen molar-refractivity contribution in [2.45, 2.75) is 25.4 Å². The highest BCUT2D eigenvalue weighted by atomic mass is 35.5. The van der Waals surface area contributed by atoms with Crippen molar-refractivity contribution in [1.82, 2.24) is 9.78 Å². The lowest BCUT2D eigenvalue weighted by atomic mass is 10.5. The minimum atomic E-state index is -3.31. The topological polar surface area (TPSA) is 52.0 Å². The fourth-order valence-corrected chi connectivity index (χ4v) is 2.32. The molecule has 74 valence electrons. The van der Waals surface area contributed by atoms with Crippen molar-refractivity contribution in [3.63, 3.8) is 0 Å². The molecular weight excluding hydrogens is 212 g/mol. The summed E-state index contributed by atoms with van der Waals surface area (Å²) in [5.74, 6) is 0. The van der Waals surface area contributed by atoms with Gasteiger partial charge in [-0.1, -0.05) is 11.6 Å². The molecule has 0 aliphatic rings. The van der Waals surface area contributed by atoms with Crippen LogP contribution >= 0.6 is 11.6 Å². The predicted molar refractivity (Wildman–Crippen MR) is 50.8 cm³/mol. The van der Waals surface area contributed by atoms with Gasteiger partial charge in [-0.15, -0.1) is 0 Å². The maximum atomic E-state index is 11.2. The molecule has 0 unspecified atom stereocenters. The van der Waals surface area contributed by atoms with E-state index < -0.39 is 9.84 Å². The van der Waals surface area contributed by atoms with Gasteiger partial charge in [0.2, 0.25) is 0 Å². The molecule has 0 bridgehead atoms. The van der Waals surface area contributed by atoms with E-state index in [1.165, 1.54) is 0 Å². The van der Waals surface area contributed by atoms with Crippen LogP contribution in [-0.4, -0.2) is 24.5 Å². The largest absolute Gasteiger partial charge is 0.267 e. The molecule has 13 heavy (non-hydrogen) atoms. The summed E-state index contributed by atoms with van der Waals surface area (Å²) < 4.78 is 23.9. The second-order valence-electron chi connectivity index (χ2n) is 2.79. The number of aromatic nitrogens is 2. The Hall–Kier alpha value is -0.550. The third-order valence-corrected chi connectivity index (χ3v) is 3.31. The minimum Gasteiger partial charge on any atom is -0.267 e. The fraction of sp³-hybridized carbons (Fsp3) is 0.571. The monoisotopic (exact) mass is 222 g/mol. The zero-order valence-electron chi connectivity index (χ0n) is 7.70. The van der Waals surface area contributed by atoms with Gasteiger partial charge in [0, 0.05) is 12.8 Å². The van der Waals surface area contributed by atoms with Crippen molar-refractivity contribution in [3.05, 3.63) is 10.7 Å². The number of nitrogens with zero attached hydrogens (tertiary/aromatic N) is 2. The Kier molecular flexibility index (Phi) is 2.68. The molecule has 1 heterocycles. The first kappa shape index (κ1) is 10.5. The SMILES string of the molecule is CCn1nc(S(C)(=O)=O)c(Cl)c1C. The Morgan fingerprint density at radius 3 is 2.31 bits per heavy atom. The van der Waals surface area contributed by atoms with Gasteiger partial charge in [0.25, 0.3) is 0 Å². The number of sulfone groups is 1. The minimum absolute atomic E-state index is 0.0338. The number of hydrogen-bond donors (Lipinski definition) is 0. The lowest BCUT2D eigenvalue weighted by Crippen LogP contribution is -2.02. The highest BCUT2D eigenvalue weighted by molar-refractivity contribution is 7.90. The molecule has 1 rings (SSSR count). The first-order valence-corrected chi connectivity index (χ1v) is 6.07.